The maximum Gasteiger partial charge on any atom is 0.269 e. The molecule has 0 saturated heterocycles. The number of nitrogens with one attached hydrogen (secondary N) is 2. The SMILES string of the molecule is NS(=O)(=O)c1ccccc1-c1ccc(CNC(=O)[C@H]2CCC[C@@H]2C(=O)NCc2ccc([N+](=O)[O-])cc2)cc1. The van der Waals surface area contributed by atoms with E-state index >= 15 is 0 Å². The smallest absolute Gasteiger partial charge is 0.269 e. The molecule has 1 fully saturated rings. The summed E-state index contributed by atoms with van der Waals surface area (Å²) < 4.78 is 23.8. The van der Waals surface area contributed by atoms with Crippen LogP contribution in [0.25, 0.3) is 11.1 Å². The molecule has 0 aliphatic heterocycles. The van der Waals surface area contributed by atoms with Gasteiger partial charge in [0, 0.05) is 42.6 Å². The average molecular weight is 537 g/mol. The molecule has 3 aromatic carbocycles. The molecule has 0 spiro atoms. The van der Waals surface area contributed by atoms with Gasteiger partial charge in [-0.1, -0.05) is 61.0 Å². The maximum absolute atomic E-state index is 12.9. The van der Waals surface area contributed by atoms with Crippen molar-refractivity contribution in [3.05, 3.63) is 94.0 Å². The number of carbonyl (C=O) groups is 2. The first-order valence-corrected chi connectivity index (χ1v) is 13.7. The van der Waals surface area contributed by atoms with Crippen molar-refractivity contribution in [1.29, 1.82) is 0 Å². The molecule has 198 valence electrons. The number of hydrogen-bond acceptors (Lipinski definition) is 6. The molecule has 0 unspecified atom stereocenters. The summed E-state index contributed by atoms with van der Waals surface area (Å²) in [6, 6.07) is 19.6. The fourth-order valence-corrected chi connectivity index (χ4v) is 5.48. The summed E-state index contributed by atoms with van der Waals surface area (Å²) in [7, 11) is -3.87. The molecular formula is C27H28N4O6S. The van der Waals surface area contributed by atoms with Crippen molar-refractivity contribution in [2.75, 3.05) is 0 Å². The summed E-state index contributed by atoms with van der Waals surface area (Å²) in [5.74, 6) is -1.28. The van der Waals surface area contributed by atoms with E-state index in [2.05, 4.69) is 10.6 Å². The molecule has 0 radical (unpaired) electrons. The van der Waals surface area contributed by atoms with E-state index in [0.717, 1.165) is 17.5 Å². The molecule has 0 bridgehead atoms. The van der Waals surface area contributed by atoms with Gasteiger partial charge >= 0.3 is 0 Å². The van der Waals surface area contributed by atoms with Crippen molar-refractivity contribution in [3.8, 4) is 11.1 Å². The highest BCUT2D eigenvalue weighted by atomic mass is 32.2. The normalized spacial score (nSPS) is 17.1. The van der Waals surface area contributed by atoms with Gasteiger partial charge in [0.25, 0.3) is 5.69 Å². The highest BCUT2D eigenvalue weighted by Crippen LogP contribution is 2.32. The largest absolute Gasteiger partial charge is 0.352 e. The molecule has 1 aliphatic rings. The minimum absolute atomic E-state index is 0.0180. The van der Waals surface area contributed by atoms with Crippen LogP contribution in [0.1, 0.15) is 30.4 Å². The molecule has 10 nitrogen and oxygen atoms in total. The molecule has 1 saturated carbocycles. The van der Waals surface area contributed by atoms with Gasteiger partial charge in [0.15, 0.2) is 0 Å². The van der Waals surface area contributed by atoms with Crippen molar-refractivity contribution in [1.82, 2.24) is 10.6 Å². The monoisotopic (exact) mass is 536 g/mol. The molecule has 3 aromatic rings. The Balaban J connectivity index is 1.33. The summed E-state index contributed by atoms with van der Waals surface area (Å²) >= 11 is 0. The lowest BCUT2D eigenvalue weighted by molar-refractivity contribution is -0.384. The van der Waals surface area contributed by atoms with Crippen LogP contribution in [-0.2, 0) is 32.7 Å². The summed E-state index contributed by atoms with van der Waals surface area (Å²) in [6.45, 7) is 0.492. The second kappa shape index (κ2) is 11.5. The highest BCUT2D eigenvalue weighted by Gasteiger charge is 2.37. The number of rotatable bonds is 9. The van der Waals surface area contributed by atoms with Gasteiger partial charge < -0.3 is 10.6 Å². The Morgan fingerprint density at radius 3 is 1.84 bits per heavy atom. The van der Waals surface area contributed by atoms with Gasteiger partial charge in [0.1, 0.15) is 0 Å². The highest BCUT2D eigenvalue weighted by molar-refractivity contribution is 7.89. The standard InChI is InChI=1S/C27H28N4O6S/c28-38(36,37)25-7-2-1-4-22(25)20-12-8-18(9-13-20)16-29-26(32)23-5-3-6-24(23)27(33)30-17-19-10-14-21(15-11-19)31(34)35/h1-2,4,7-15,23-24H,3,5-6,16-17H2,(H,29,32)(H,30,33)(H2,28,36,37)/t23-,24-/m0/s1. The van der Waals surface area contributed by atoms with Gasteiger partial charge in [0.05, 0.1) is 9.82 Å². The van der Waals surface area contributed by atoms with E-state index in [-0.39, 0.29) is 35.5 Å². The number of sulfonamides is 1. The van der Waals surface area contributed by atoms with Crippen LogP contribution < -0.4 is 15.8 Å². The minimum Gasteiger partial charge on any atom is -0.352 e. The Bertz CT molecular complexity index is 1440. The van der Waals surface area contributed by atoms with Crippen molar-refractivity contribution in [2.45, 2.75) is 37.2 Å². The summed E-state index contributed by atoms with van der Waals surface area (Å²) in [5, 5.41) is 21.9. The second-order valence-electron chi connectivity index (χ2n) is 9.24. The van der Waals surface area contributed by atoms with Crippen LogP contribution in [0, 0.1) is 22.0 Å². The number of nitrogens with zero attached hydrogens (tertiary/aromatic N) is 1. The van der Waals surface area contributed by atoms with Gasteiger partial charge in [-0.2, -0.15) is 0 Å². The topological polar surface area (TPSA) is 162 Å². The van der Waals surface area contributed by atoms with E-state index in [1.807, 2.05) is 0 Å². The lowest BCUT2D eigenvalue weighted by atomic mass is 9.94. The second-order valence-corrected chi connectivity index (χ2v) is 10.8. The summed E-state index contributed by atoms with van der Waals surface area (Å²) in [5.41, 5.74) is 2.73. The number of nitro groups is 1. The first-order valence-electron chi connectivity index (χ1n) is 12.1. The van der Waals surface area contributed by atoms with Gasteiger partial charge in [-0.15, -0.1) is 0 Å². The van der Waals surface area contributed by atoms with E-state index in [0.29, 0.717) is 24.0 Å². The molecule has 0 aromatic heterocycles. The fraction of sp³-hybridized carbons (Fsp3) is 0.259. The molecule has 4 N–H and O–H groups in total. The van der Waals surface area contributed by atoms with Crippen LogP contribution in [0.5, 0.6) is 0 Å². The van der Waals surface area contributed by atoms with E-state index in [1.165, 1.54) is 18.2 Å². The first kappa shape index (κ1) is 27.0. The molecule has 38 heavy (non-hydrogen) atoms. The van der Waals surface area contributed by atoms with E-state index in [4.69, 9.17) is 5.14 Å². The van der Waals surface area contributed by atoms with E-state index in [1.54, 1.807) is 54.6 Å². The number of nitrogens with two attached hydrogens (primary N) is 1. The van der Waals surface area contributed by atoms with Crippen LogP contribution in [0.2, 0.25) is 0 Å². The number of primary sulfonamides is 1. The third-order valence-electron chi connectivity index (χ3n) is 6.73. The predicted octanol–water partition coefficient (Wildman–Crippen LogP) is 3.26. The molecule has 2 amide bonds. The van der Waals surface area contributed by atoms with Crippen LogP contribution in [0.15, 0.2) is 77.7 Å². The number of carbonyl (C=O) groups excluding carboxylic acids is 2. The van der Waals surface area contributed by atoms with Gasteiger partial charge in [0.2, 0.25) is 21.8 Å². The molecule has 4 rings (SSSR count). The lowest BCUT2D eigenvalue weighted by Crippen LogP contribution is -2.39. The first-order chi connectivity index (χ1) is 18.1. The zero-order valence-electron chi connectivity index (χ0n) is 20.5. The molecular weight excluding hydrogens is 508 g/mol. The lowest BCUT2D eigenvalue weighted by Gasteiger charge is -2.19. The number of nitro benzene ring substituents is 1. The van der Waals surface area contributed by atoms with Gasteiger partial charge in [-0.25, -0.2) is 13.6 Å². The predicted molar refractivity (Wildman–Crippen MR) is 141 cm³/mol. The minimum atomic E-state index is -3.87. The number of amides is 2. The molecule has 1 aliphatic carbocycles. The summed E-state index contributed by atoms with van der Waals surface area (Å²) in [4.78, 5) is 36.1. The Hall–Kier alpha value is -4.09. The van der Waals surface area contributed by atoms with Crippen LogP contribution in [0.3, 0.4) is 0 Å². The molecule has 0 heterocycles. The maximum atomic E-state index is 12.9. The van der Waals surface area contributed by atoms with Gasteiger partial charge in [-0.3, -0.25) is 19.7 Å². The van der Waals surface area contributed by atoms with Gasteiger partial charge in [-0.05, 0) is 35.6 Å². The van der Waals surface area contributed by atoms with E-state index < -0.39 is 26.8 Å². The number of benzene rings is 3. The molecule has 11 heteroatoms. The Morgan fingerprint density at radius 2 is 1.34 bits per heavy atom. The van der Waals surface area contributed by atoms with Crippen LogP contribution in [-0.4, -0.2) is 25.2 Å². The average Bonchev–Trinajstić information content (AvgIpc) is 3.41. The van der Waals surface area contributed by atoms with E-state index in [9.17, 15) is 28.1 Å². The quantitative estimate of drug-likeness (QED) is 0.281. The Morgan fingerprint density at radius 1 is 0.842 bits per heavy atom. The van der Waals surface area contributed by atoms with Crippen molar-refractivity contribution >= 4 is 27.5 Å². The van der Waals surface area contributed by atoms with Crippen LogP contribution in [0.4, 0.5) is 5.69 Å². The number of non-ortho nitro benzene ring substituents is 1. The Labute approximate surface area is 220 Å². The number of hydrogen-bond donors (Lipinski definition) is 3. The zero-order valence-corrected chi connectivity index (χ0v) is 21.3. The van der Waals surface area contributed by atoms with Crippen molar-refractivity contribution < 1.29 is 22.9 Å². The van der Waals surface area contributed by atoms with Crippen molar-refractivity contribution in [3.63, 3.8) is 0 Å². The van der Waals surface area contributed by atoms with Crippen LogP contribution >= 0.6 is 0 Å². The third kappa shape index (κ3) is 6.42. The molecule has 2 atom stereocenters. The van der Waals surface area contributed by atoms with Crippen molar-refractivity contribution in [2.24, 2.45) is 17.0 Å². The third-order valence-corrected chi connectivity index (χ3v) is 7.70. The Kier molecular flexibility index (Phi) is 8.18. The summed E-state index contributed by atoms with van der Waals surface area (Å²) in [6.07, 6.45) is 2.00. The fourth-order valence-electron chi connectivity index (χ4n) is 4.72. The zero-order chi connectivity index (χ0) is 27.3.